The molecule has 86 valence electrons. The van der Waals surface area contributed by atoms with Crippen LogP contribution in [0, 0.1) is 0 Å². The maximum absolute atomic E-state index is 5.72. The maximum Gasteiger partial charge on any atom is 0.185 e. The molecule has 2 rings (SSSR count). The first-order valence-electron chi connectivity index (χ1n) is 4.88. The van der Waals surface area contributed by atoms with Crippen LogP contribution in [0.1, 0.15) is 11.3 Å². The molecule has 0 spiro atoms. The van der Waals surface area contributed by atoms with Crippen molar-refractivity contribution in [2.45, 2.75) is 12.4 Å². The summed E-state index contributed by atoms with van der Waals surface area (Å²) in [6.07, 6.45) is 3.87. The number of anilines is 1. The third-order valence-corrected chi connectivity index (χ3v) is 3.46. The van der Waals surface area contributed by atoms with Crippen LogP contribution >= 0.6 is 22.9 Å². The standard InChI is InChI=1S/C10H13ClN4S/c1-14(5-8-4-12-15(2)6-8)10-13-9(3-11)7-16-10/h4,6-7H,3,5H2,1-2H3. The van der Waals surface area contributed by atoms with Gasteiger partial charge in [0.15, 0.2) is 5.13 Å². The minimum Gasteiger partial charge on any atom is -0.347 e. The van der Waals surface area contributed by atoms with Crippen molar-refractivity contribution < 1.29 is 0 Å². The normalized spacial score (nSPS) is 10.7. The molecule has 0 radical (unpaired) electrons. The monoisotopic (exact) mass is 256 g/mol. The number of aromatic nitrogens is 3. The van der Waals surface area contributed by atoms with Crippen LogP contribution in [0.2, 0.25) is 0 Å². The highest BCUT2D eigenvalue weighted by atomic mass is 35.5. The van der Waals surface area contributed by atoms with Gasteiger partial charge >= 0.3 is 0 Å². The lowest BCUT2D eigenvalue weighted by molar-refractivity contribution is 0.766. The van der Waals surface area contributed by atoms with Crippen molar-refractivity contribution in [3.05, 3.63) is 29.0 Å². The number of hydrogen-bond acceptors (Lipinski definition) is 4. The Balaban J connectivity index is 2.05. The van der Waals surface area contributed by atoms with Crippen LogP contribution in [0.5, 0.6) is 0 Å². The number of aryl methyl sites for hydroxylation is 1. The summed E-state index contributed by atoms with van der Waals surface area (Å²) in [7, 11) is 3.93. The van der Waals surface area contributed by atoms with Crippen molar-refractivity contribution >= 4 is 28.1 Å². The van der Waals surface area contributed by atoms with Gasteiger partial charge in [-0.2, -0.15) is 5.10 Å². The first-order chi connectivity index (χ1) is 7.69. The molecule has 0 saturated carbocycles. The quantitative estimate of drug-likeness (QED) is 0.787. The molecule has 6 heteroatoms. The van der Waals surface area contributed by atoms with E-state index in [0.29, 0.717) is 5.88 Å². The molecule has 2 heterocycles. The Morgan fingerprint density at radius 2 is 2.38 bits per heavy atom. The Bertz CT molecular complexity index is 465. The van der Waals surface area contributed by atoms with Gasteiger partial charge in [0, 0.05) is 37.8 Å². The number of nitrogens with zero attached hydrogens (tertiary/aromatic N) is 4. The molecule has 0 unspecified atom stereocenters. The molecule has 0 aliphatic heterocycles. The fourth-order valence-corrected chi connectivity index (χ4v) is 2.45. The van der Waals surface area contributed by atoms with Crippen LogP contribution < -0.4 is 4.90 Å². The zero-order chi connectivity index (χ0) is 11.5. The van der Waals surface area contributed by atoms with Crippen LogP contribution in [0.4, 0.5) is 5.13 Å². The van der Waals surface area contributed by atoms with E-state index in [9.17, 15) is 0 Å². The molecular formula is C10H13ClN4S. The van der Waals surface area contributed by atoms with E-state index < -0.39 is 0 Å². The van der Waals surface area contributed by atoms with E-state index in [0.717, 1.165) is 17.4 Å². The lowest BCUT2D eigenvalue weighted by Crippen LogP contribution is -2.15. The van der Waals surface area contributed by atoms with E-state index in [4.69, 9.17) is 11.6 Å². The zero-order valence-corrected chi connectivity index (χ0v) is 10.8. The highest BCUT2D eigenvalue weighted by Gasteiger charge is 2.08. The summed E-state index contributed by atoms with van der Waals surface area (Å²) >= 11 is 7.33. The molecule has 0 atom stereocenters. The number of rotatable bonds is 4. The predicted octanol–water partition coefficient (Wildman–Crippen LogP) is 2.25. The number of halogens is 1. The Labute approximate surface area is 103 Å². The largest absolute Gasteiger partial charge is 0.347 e. The summed E-state index contributed by atoms with van der Waals surface area (Å²) in [6.45, 7) is 0.809. The zero-order valence-electron chi connectivity index (χ0n) is 9.22. The fourth-order valence-electron chi connectivity index (χ4n) is 1.43. The van der Waals surface area contributed by atoms with Gasteiger partial charge in [-0.1, -0.05) is 0 Å². The van der Waals surface area contributed by atoms with Gasteiger partial charge in [0.05, 0.1) is 17.8 Å². The van der Waals surface area contributed by atoms with Gasteiger partial charge < -0.3 is 4.90 Å². The first-order valence-corrected chi connectivity index (χ1v) is 6.29. The Morgan fingerprint density at radius 1 is 1.56 bits per heavy atom. The van der Waals surface area contributed by atoms with E-state index in [-0.39, 0.29) is 0 Å². The van der Waals surface area contributed by atoms with Gasteiger partial charge in [0.25, 0.3) is 0 Å². The minimum absolute atomic E-state index is 0.469. The van der Waals surface area contributed by atoms with E-state index in [1.807, 2.05) is 31.9 Å². The third-order valence-electron chi connectivity index (χ3n) is 2.18. The summed E-state index contributed by atoms with van der Waals surface area (Å²) in [5.74, 6) is 0.469. The van der Waals surface area contributed by atoms with E-state index >= 15 is 0 Å². The molecule has 0 fully saturated rings. The molecule has 0 saturated heterocycles. The highest BCUT2D eigenvalue weighted by Crippen LogP contribution is 2.21. The average molecular weight is 257 g/mol. The molecule has 16 heavy (non-hydrogen) atoms. The second kappa shape index (κ2) is 4.84. The second-order valence-corrected chi connectivity index (χ2v) is 4.74. The average Bonchev–Trinajstić information content (AvgIpc) is 2.87. The Morgan fingerprint density at radius 3 is 2.94 bits per heavy atom. The van der Waals surface area contributed by atoms with E-state index in [1.165, 1.54) is 5.56 Å². The van der Waals surface area contributed by atoms with Crippen molar-refractivity contribution in [3.8, 4) is 0 Å². The van der Waals surface area contributed by atoms with Crippen LogP contribution in [0.15, 0.2) is 17.8 Å². The lowest BCUT2D eigenvalue weighted by Gasteiger charge is -2.13. The summed E-state index contributed by atoms with van der Waals surface area (Å²) in [6, 6.07) is 0. The summed E-state index contributed by atoms with van der Waals surface area (Å²) in [5, 5.41) is 7.11. The number of hydrogen-bond donors (Lipinski definition) is 0. The molecular weight excluding hydrogens is 244 g/mol. The van der Waals surface area contributed by atoms with Crippen molar-refractivity contribution in [1.82, 2.24) is 14.8 Å². The van der Waals surface area contributed by atoms with Crippen molar-refractivity contribution in [1.29, 1.82) is 0 Å². The third kappa shape index (κ3) is 2.54. The molecule has 0 N–H and O–H groups in total. The van der Waals surface area contributed by atoms with Gasteiger partial charge in [-0.05, 0) is 0 Å². The first kappa shape index (κ1) is 11.4. The minimum atomic E-state index is 0.469. The topological polar surface area (TPSA) is 34.0 Å². The Hall–Kier alpha value is -1.07. The van der Waals surface area contributed by atoms with Gasteiger partial charge in [0.1, 0.15) is 0 Å². The Kier molecular flexibility index (Phi) is 3.46. The predicted molar refractivity (Wildman–Crippen MR) is 67.0 cm³/mol. The van der Waals surface area contributed by atoms with Crippen LogP contribution in [0.25, 0.3) is 0 Å². The van der Waals surface area contributed by atoms with Crippen LogP contribution in [-0.4, -0.2) is 21.8 Å². The molecule has 0 bridgehead atoms. The molecule has 4 nitrogen and oxygen atoms in total. The van der Waals surface area contributed by atoms with Gasteiger partial charge in [-0.15, -0.1) is 22.9 Å². The maximum atomic E-state index is 5.72. The van der Waals surface area contributed by atoms with E-state index in [1.54, 1.807) is 16.0 Å². The smallest absolute Gasteiger partial charge is 0.185 e. The molecule has 0 aliphatic rings. The van der Waals surface area contributed by atoms with Crippen molar-refractivity contribution in [3.63, 3.8) is 0 Å². The molecule has 2 aromatic heterocycles. The number of thiazole rings is 1. The fraction of sp³-hybridized carbons (Fsp3) is 0.400. The SMILES string of the molecule is CN(Cc1cnn(C)c1)c1nc(CCl)cs1. The van der Waals surface area contributed by atoms with Gasteiger partial charge in [-0.25, -0.2) is 4.98 Å². The molecule has 0 amide bonds. The molecule has 0 aliphatic carbocycles. The summed E-state index contributed by atoms with van der Waals surface area (Å²) in [4.78, 5) is 6.51. The lowest BCUT2D eigenvalue weighted by atomic mass is 10.3. The number of alkyl halides is 1. The summed E-state index contributed by atoms with van der Waals surface area (Å²) in [5.41, 5.74) is 2.10. The van der Waals surface area contributed by atoms with E-state index in [2.05, 4.69) is 15.0 Å². The van der Waals surface area contributed by atoms with Crippen molar-refractivity contribution in [2.75, 3.05) is 11.9 Å². The molecule has 2 aromatic rings. The summed E-state index contributed by atoms with van der Waals surface area (Å²) < 4.78 is 1.80. The van der Waals surface area contributed by atoms with Crippen LogP contribution in [0.3, 0.4) is 0 Å². The van der Waals surface area contributed by atoms with Crippen LogP contribution in [-0.2, 0) is 19.5 Å². The van der Waals surface area contributed by atoms with Gasteiger partial charge in [-0.3, -0.25) is 4.68 Å². The highest BCUT2D eigenvalue weighted by molar-refractivity contribution is 7.13. The molecule has 0 aromatic carbocycles. The van der Waals surface area contributed by atoms with Crippen molar-refractivity contribution in [2.24, 2.45) is 7.05 Å². The second-order valence-electron chi connectivity index (χ2n) is 3.63. The van der Waals surface area contributed by atoms with Gasteiger partial charge in [0.2, 0.25) is 0 Å².